The number of carbonyl (C=O) groups excluding carboxylic acids is 2. The Morgan fingerprint density at radius 2 is 2.00 bits per heavy atom. The molecular formula is C14H21N3O3. The Labute approximate surface area is 118 Å². The number of carbonyl (C=O) groups is 2. The normalized spacial score (nSPS) is 12.2. The van der Waals surface area contributed by atoms with Gasteiger partial charge in [-0.15, -0.1) is 4.91 Å². The summed E-state index contributed by atoms with van der Waals surface area (Å²) in [5.41, 5.74) is 1.68. The van der Waals surface area contributed by atoms with E-state index in [0.29, 0.717) is 23.2 Å². The van der Waals surface area contributed by atoms with Crippen molar-refractivity contribution in [3.05, 3.63) is 27.9 Å². The number of aryl methyl sites for hydroxylation is 1. The van der Waals surface area contributed by atoms with Crippen LogP contribution in [-0.2, 0) is 4.79 Å². The molecule has 1 rings (SSSR count). The molecule has 1 unspecified atom stereocenters. The first-order chi connectivity index (χ1) is 9.49. The summed E-state index contributed by atoms with van der Waals surface area (Å²) in [5, 5.41) is 5.68. The monoisotopic (exact) mass is 279 g/mol. The Morgan fingerprint density at radius 3 is 2.40 bits per heavy atom. The lowest BCUT2D eigenvalue weighted by Crippen LogP contribution is -2.38. The summed E-state index contributed by atoms with van der Waals surface area (Å²) >= 11 is 0. The van der Waals surface area contributed by atoms with Crippen molar-refractivity contribution < 1.29 is 9.59 Å². The van der Waals surface area contributed by atoms with Gasteiger partial charge in [-0.1, -0.05) is 13.8 Å². The van der Waals surface area contributed by atoms with E-state index >= 15 is 0 Å². The molecule has 6 heteroatoms. The van der Waals surface area contributed by atoms with Crippen molar-refractivity contribution >= 4 is 12.3 Å². The Kier molecular flexibility index (Phi) is 5.61. The summed E-state index contributed by atoms with van der Waals surface area (Å²) in [6.07, 6.45) is 3.03. The quantitative estimate of drug-likeness (QED) is 0.614. The van der Waals surface area contributed by atoms with E-state index in [1.54, 1.807) is 20.0 Å². The van der Waals surface area contributed by atoms with Gasteiger partial charge in [-0.25, -0.2) is 0 Å². The van der Waals surface area contributed by atoms with Crippen LogP contribution in [0.3, 0.4) is 0 Å². The Morgan fingerprint density at radius 1 is 1.40 bits per heavy atom. The third-order valence-electron chi connectivity index (χ3n) is 3.70. The van der Waals surface area contributed by atoms with Crippen LogP contribution in [0, 0.1) is 24.7 Å². The lowest BCUT2D eigenvalue weighted by atomic mass is 9.99. The highest BCUT2D eigenvalue weighted by molar-refractivity contribution is 5.97. The molecule has 1 heterocycles. The van der Waals surface area contributed by atoms with Gasteiger partial charge in [0.15, 0.2) is 6.17 Å². The Bertz CT molecular complexity index is 504. The van der Waals surface area contributed by atoms with Crippen molar-refractivity contribution in [3.8, 4) is 0 Å². The maximum atomic E-state index is 12.3. The van der Waals surface area contributed by atoms with Crippen LogP contribution in [0.1, 0.15) is 48.3 Å². The first-order valence-corrected chi connectivity index (χ1v) is 6.76. The summed E-state index contributed by atoms with van der Waals surface area (Å²) in [5.74, 6) is -0.345. The maximum Gasteiger partial charge on any atom is 0.255 e. The number of aromatic nitrogens is 1. The fraction of sp³-hybridized carbons (Fsp3) is 0.571. The van der Waals surface area contributed by atoms with E-state index in [1.807, 2.05) is 13.8 Å². The Balaban J connectivity index is 2.98. The first-order valence-electron chi connectivity index (χ1n) is 6.76. The highest BCUT2D eigenvalue weighted by Crippen LogP contribution is 2.18. The van der Waals surface area contributed by atoms with Crippen LogP contribution in [0.2, 0.25) is 0 Å². The number of rotatable bonds is 7. The largest absolute Gasteiger partial charge is 0.327 e. The molecule has 110 valence electrons. The van der Waals surface area contributed by atoms with E-state index in [4.69, 9.17) is 0 Å². The molecule has 0 spiro atoms. The van der Waals surface area contributed by atoms with Crippen LogP contribution in [0.5, 0.6) is 0 Å². The molecule has 0 aliphatic carbocycles. The average molecular weight is 279 g/mol. The van der Waals surface area contributed by atoms with E-state index in [2.05, 4.69) is 10.5 Å². The van der Waals surface area contributed by atoms with E-state index in [9.17, 15) is 14.5 Å². The number of hydrogen-bond acceptors (Lipinski definition) is 4. The molecule has 1 N–H and O–H groups in total. The van der Waals surface area contributed by atoms with Gasteiger partial charge in [-0.2, -0.15) is 0 Å². The summed E-state index contributed by atoms with van der Waals surface area (Å²) < 4.78 is 1.35. The number of nitrogens with zero attached hydrogens (tertiary/aromatic N) is 2. The third kappa shape index (κ3) is 3.12. The van der Waals surface area contributed by atoms with E-state index in [-0.39, 0.29) is 11.8 Å². The molecule has 1 atom stereocenters. The number of nitroso groups, excluding NO2 is 1. The average Bonchev–Trinajstić information content (AvgIpc) is 2.73. The molecule has 0 fully saturated rings. The molecular weight excluding hydrogens is 258 g/mol. The summed E-state index contributed by atoms with van der Waals surface area (Å²) in [6.45, 7) is 7.36. The van der Waals surface area contributed by atoms with Crippen molar-refractivity contribution in [1.29, 1.82) is 0 Å². The molecule has 1 aromatic heterocycles. The molecule has 0 radical (unpaired) electrons. The van der Waals surface area contributed by atoms with Crippen molar-refractivity contribution in [2.75, 3.05) is 0 Å². The van der Waals surface area contributed by atoms with Gasteiger partial charge >= 0.3 is 0 Å². The van der Waals surface area contributed by atoms with Crippen LogP contribution in [0.25, 0.3) is 0 Å². The second-order valence-electron chi connectivity index (χ2n) is 4.89. The van der Waals surface area contributed by atoms with Crippen LogP contribution >= 0.6 is 0 Å². The van der Waals surface area contributed by atoms with Crippen molar-refractivity contribution in [2.24, 2.45) is 11.1 Å². The second kappa shape index (κ2) is 6.98. The molecule has 6 nitrogen and oxygen atoms in total. The molecule has 1 amide bonds. The summed E-state index contributed by atoms with van der Waals surface area (Å²) in [6, 6.07) is 0. The zero-order valence-corrected chi connectivity index (χ0v) is 12.3. The minimum Gasteiger partial charge on any atom is -0.327 e. The third-order valence-corrected chi connectivity index (χ3v) is 3.70. The van der Waals surface area contributed by atoms with Crippen LogP contribution in [0.15, 0.2) is 11.4 Å². The van der Waals surface area contributed by atoms with Gasteiger partial charge in [-0.05, 0) is 37.4 Å². The van der Waals surface area contributed by atoms with Gasteiger partial charge in [0.1, 0.15) is 0 Å². The number of nitrogens with one attached hydrogen (secondary N) is 1. The minimum absolute atomic E-state index is 0.0187. The molecule has 0 aliphatic rings. The number of hydrogen-bond donors (Lipinski definition) is 1. The van der Waals surface area contributed by atoms with Gasteiger partial charge in [0.25, 0.3) is 5.91 Å². The zero-order chi connectivity index (χ0) is 15.3. The minimum atomic E-state index is -0.740. The molecule has 0 bridgehead atoms. The molecule has 0 aliphatic heterocycles. The van der Waals surface area contributed by atoms with Crippen molar-refractivity contribution in [2.45, 2.75) is 46.7 Å². The standard InChI is InChI=1S/C14H21N3O3/c1-5-11(6-2)13(16-20)15-14(19)12-9(3)7-17(8-18)10(12)4/h7-8,11,13H,5-6H2,1-4H3,(H,15,19). The topological polar surface area (TPSA) is 80.5 Å². The predicted molar refractivity (Wildman–Crippen MR) is 77.2 cm³/mol. The molecule has 20 heavy (non-hydrogen) atoms. The van der Waals surface area contributed by atoms with Crippen molar-refractivity contribution in [3.63, 3.8) is 0 Å². The molecule has 0 saturated heterocycles. The van der Waals surface area contributed by atoms with Crippen LogP contribution < -0.4 is 5.32 Å². The zero-order valence-electron chi connectivity index (χ0n) is 12.3. The van der Waals surface area contributed by atoms with Crippen molar-refractivity contribution in [1.82, 2.24) is 9.88 Å². The fourth-order valence-corrected chi connectivity index (χ4v) is 2.41. The first kappa shape index (κ1) is 16.1. The number of amides is 1. The van der Waals surface area contributed by atoms with E-state index < -0.39 is 6.17 Å². The lowest BCUT2D eigenvalue weighted by Gasteiger charge is -2.20. The molecule has 1 aromatic rings. The van der Waals surface area contributed by atoms with Gasteiger partial charge in [0.05, 0.1) is 5.56 Å². The van der Waals surface area contributed by atoms with Crippen LogP contribution in [0.4, 0.5) is 0 Å². The summed E-state index contributed by atoms with van der Waals surface area (Å²) in [7, 11) is 0. The maximum absolute atomic E-state index is 12.3. The van der Waals surface area contributed by atoms with E-state index in [1.165, 1.54) is 4.57 Å². The highest BCUT2D eigenvalue weighted by atomic mass is 16.3. The molecule has 0 saturated carbocycles. The van der Waals surface area contributed by atoms with Gasteiger partial charge in [0, 0.05) is 17.8 Å². The lowest BCUT2D eigenvalue weighted by molar-refractivity contribution is 0.0920. The molecule has 0 aromatic carbocycles. The summed E-state index contributed by atoms with van der Waals surface area (Å²) in [4.78, 5) is 34.1. The van der Waals surface area contributed by atoms with Crippen LogP contribution in [-0.4, -0.2) is 23.1 Å². The van der Waals surface area contributed by atoms with E-state index in [0.717, 1.165) is 12.8 Å². The predicted octanol–water partition coefficient (Wildman–Crippen LogP) is 2.40. The SMILES string of the molecule is CCC(CC)C(N=O)NC(=O)c1c(C)cn(C=O)c1C. The second-order valence-corrected chi connectivity index (χ2v) is 4.89. The Hall–Kier alpha value is -1.98. The van der Waals surface area contributed by atoms with Gasteiger partial charge in [-0.3, -0.25) is 14.2 Å². The van der Waals surface area contributed by atoms with Gasteiger partial charge < -0.3 is 5.32 Å². The highest BCUT2D eigenvalue weighted by Gasteiger charge is 2.24. The van der Waals surface area contributed by atoms with Gasteiger partial charge in [0.2, 0.25) is 6.41 Å². The fourth-order valence-electron chi connectivity index (χ4n) is 2.41. The smallest absolute Gasteiger partial charge is 0.255 e.